The van der Waals surface area contributed by atoms with E-state index in [2.05, 4.69) is 25.1 Å². The van der Waals surface area contributed by atoms with E-state index < -0.39 is 0 Å². The van der Waals surface area contributed by atoms with Gasteiger partial charge in [0.05, 0.1) is 38.2 Å². The molecule has 0 unspecified atom stereocenters. The summed E-state index contributed by atoms with van der Waals surface area (Å²) in [6.07, 6.45) is 2.60. The Labute approximate surface area is 152 Å². The van der Waals surface area contributed by atoms with Crippen LogP contribution in [0.5, 0.6) is 5.75 Å². The van der Waals surface area contributed by atoms with E-state index in [4.69, 9.17) is 14.2 Å². The molecule has 0 spiro atoms. The third-order valence-electron chi connectivity index (χ3n) is 4.74. The molecule has 0 amide bonds. The highest BCUT2D eigenvalue weighted by molar-refractivity contribution is 5.19. The molecule has 2 saturated heterocycles. The predicted molar refractivity (Wildman–Crippen MR) is 93.9 cm³/mol. The molecule has 1 N–H and O–H groups in total. The van der Waals surface area contributed by atoms with Gasteiger partial charge >= 0.3 is 0 Å². The van der Waals surface area contributed by atoms with Gasteiger partial charge in [0.1, 0.15) is 23.5 Å². The molecule has 2 aromatic heterocycles. The lowest BCUT2D eigenvalue weighted by molar-refractivity contribution is -0.00461. The van der Waals surface area contributed by atoms with E-state index in [-0.39, 0.29) is 18.3 Å². The van der Waals surface area contributed by atoms with Gasteiger partial charge in [-0.15, -0.1) is 0 Å². The fraction of sp³-hybridized carbons (Fsp3) is 0.611. The summed E-state index contributed by atoms with van der Waals surface area (Å²) in [5, 5.41) is 7.20. The molecule has 26 heavy (non-hydrogen) atoms. The van der Waals surface area contributed by atoms with E-state index in [1.807, 2.05) is 26.0 Å². The number of pyridine rings is 1. The zero-order valence-corrected chi connectivity index (χ0v) is 15.2. The third-order valence-corrected chi connectivity index (χ3v) is 4.74. The van der Waals surface area contributed by atoms with Crippen LogP contribution in [0.2, 0.25) is 0 Å². The van der Waals surface area contributed by atoms with Gasteiger partial charge in [0, 0.05) is 25.2 Å². The summed E-state index contributed by atoms with van der Waals surface area (Å²) in [4.78, 5) is 11.0. The van der Waals surface area contributed by atoms with Crippen molar-refractivity contribution in [2.45, 2.75) is 45.1 Å². The van der Waals surface area contributed by atoms with Crippen LogP contribution in [0.25, 0.3) is 0 Å². The standard InChI is InChI=1S/C18H25N5O3/c1-3-17-20-18(22-21-17)9-23-7-15-16(8-23)25-11-14(10-24-15)26-13-5-4-12(2)19-6-13/h4-6,14-16H,3,7-11H2,1-2H3,(H,20,21,22)/t15-,16-/m0/s1. The summed E-state index contributed by atoms with van der Waals surface area (Å²) in [6.45, 7) is 7.43. The maximum atomic E-state index is 6.07. The summed E-state index contributed by atoms with van der Waals surface area (Å²) < 4.78 is 18.1. The molecule has 2 fully saturated rings. The van der Waals surface area contributed by atoms with Crippen molar-refractivity contribution in [3.8, 4) is 5.75 Å². The van der Waals surface area contributed by atoms with Gasteiger partial charge in [-0.25, -0.2) is 4.98 Å². The van der Waals surface area contributed by atoms with Crippen LogP contribution in [0.3, 0.4) is 0 Å². The molecule has 8 nitrogen and oxygen atoms in total. The SMILES string of the molecule is CCc1n[nH]c(CN2C[C@@H]3OCC(Oc4ccc(C)nc4)CO[C@H]3C2)n1. The monoisotopic (exact) mass is 359 g/mol. The van der Waals surface area contributed by atoms with Crippen LogP contribution in [0, 0.1) is 6.92 Å². The quantitative estimate of drug-likeness (QED) is 0.856. The highest BCUT2D eigenvalue weighted by Gasteiger charge is 2.38. The van der Waals surface area contributed by atoms with Crippen LogP contribution in [-0.2, 0) is 22.4 Å². The number of likely N-dealkylation sites (tertiary alicyclic amines) is 1. The van der Waals surface area contributed by atoms with Gasteiger partial charge in [0.25, 0.3) is 0 Å². The number of H-pyrrole nitrogens is 1. The van der Waals surface area contributed by atoms with E-state index in [0.29, 0.717) is 13.2 Å². The first-order valence-corrected chi connectivity index (χ1v) is 9.14. The lowest BCUT2D eigenvalue weighted by atomic mass is 10.3. The molecule has 2 aromatic rings. The minimum atomic E-state index is -0.111. The Morgan fingerprint density at radius 2 is 2.00 bits per heavy atom. The molecule has 2 aliphatic rings. The van der Waals surface area contributed by atoms with E-state index in [1.54, 1.807) is 6.20 Å². The fourth-order valence-corrected chi connectivity index (χ4v) is 3.34. The van der Waals surface area contributed by atoms with Crippen molar-refractivity contribution in [1.29, 1.82) is 0 Å². The van der Waals surface area contributed by atoms with Crippen molar-refractivity contribution in [3.05, 3.63) is 35.7 Å². The first-order chi connectivity index (χ1) is 12.7. The zero-order valence-electron chi connectivity index (χ0n) is 15.2. The Kier molecular flexibility index (Phi) is 5.14. The first-order valence-electron chi connectivity index (χ1n) is 9.14. The van der Waals surface area contributed by atoms with Gasteiger partial charge in [-0.1, -0.05) is 6.92 Å². The number of aromatic amines is 1. The number of ether oxygens (including phenoxy) is 3. The van der Waals surface area contributed by atoms with Crippen molar-refractivity contribution >= 4 is 0 Å². The molecule has 0 bridgehead atoms. The number of rotatable bonds is 5. The Morgan fingerprint density at radius 1 is 1.23 bits per heavy atom. The summed E-state index contributed by atoms with van der Waals surface area (Å²) >= 11 is 0. The third kappa shape index (κ3) is 4.03. The molecule has 2 aliphatic heterocycles. The van der Waals surface area contributed by atoms with Gasteiger partial charge in [-0.3, -0.25) is 15.0 Å². The molecular weight excluding hydrogens is 334 g/mol. The van der Waals surface area contributed by atoms with Crippen LogP contribution in [0.4, 0.5) is 0 Å². The highest BCUT2D eigenvalue weighted by Crippen LogP contribution is 2.23. The summed E-state index contributed by atoms with van der Waals surface area (Å²) in [5.41, 5.74) is 0.971. The maximum Gasteiger partial charge on any atom is 0.150 e. The zero-order chi connectivity index (χ0) is 17.9. The molecule has 8 heteroatoms. The number of hydrogen-bond acceptors (Lipinski definition) is 7. The van der Waals surface area contributed by atoms with Crippen molar-refractivity contribution in [3.63, 3.8) is 0 Å². The Morgan fingerprint density at radius 3 is 2.62 bits per heavy atom. The van der Waals surface area contributed by atoms with Crippen LogP contribution < -0.4 is 4.74 Å². The van der Waals surface area contributed by atoms with Crippen molar-refractivity contribution in [2.24, 2.45) is 0 Å². The molecule has 0 aromatic carbocycles. The average Bonchev–Trinajstić information content (AvgIpc) is 3.21. The Bertz CT molecular complexity index is 704. The molecule has 140 valence electrons. The van der Waals surface area contributed by atoms with Gasteiger partial charge in [-0.05, 0) is 19.1 Å². The van der Waals surface area contributed by atoms with E-state index in [1.165, 1.54) is 0 Å². The van der Waals surface area contributed by atoms with Gasteiger partial charge in [0.2, 0.25) is 0 Å². The van der Waals surface area contributed by atoms with Crippen LogP contribution >= 0.6 is 0 Å². The van der Waals surface area contributed by atoms with Crippen LogP contribution in [-0.4, -0.2) is 69.7 Å². The smallest absolute Gasteiger partial charge is 0.150 e. The molecule has 0 radical (unpaired) electrons. The predicted octanol–water partition coefficient (Wildman–Crippen LogP) is 1.12. The minimum absolute atomic E-state index is 0.0632. The lowest BCUT2D eigenvalue weighted by Crippen LogP contribution is -2.29. The topological polar surface area (TPSA) is 85.4 Å². The lowest BCUT2D eigenvalue weighted by Gasteiger charge is -2.18. The first kappa shape index (κ1) is 17.4. The minimum Gasteiger partial charge on any atom is -0.484 e. The molecule has 4 heterocycles. The molecule has 4 rings (SSSR count). The number of nitrogens with one attached hydrogen (secondary N) is 1. The molecule has 0 saturated carbocycles. The Hall–Kier alpha value is -2.03. The van der Waals surface area contributed by atoms with Gasteiger partial charge < -0.3 is 14.2 Å². The molecular formula is C18H25N5O3. The fourth-order valence-electron chi connectivity index (χ4n) is 3.34. The summed E-state index contributed by atoms with van der Waals surface area (Å²) in [7, 11) is 0. The number of hydrogen-bond donors (Lipinski definition) is 1. The normalized spacial score (nSPS) is 24.4. The second kappa shape index (κ2) is 7.69. The van der Waals surface area contributed by atoms with Gasteiger partial charge in [-0.2, -0.15) is 5.10 Å². The van der Waals surface area contributed by atoms with E-state index >= 15 is 0 Å². The van der Waals surface area contributed by atoms with Crippen molar-refractivity contribution in [1.82, 2.24) is 25.1 Å². The molecule has 2 atom stereocenters. The number of aromatic nitrogens is 4. The molecule has 0 aliphatic carbocycles. The van der Waals surface area contributed by atoms with Crippen LogP contribution in [0.15, 0.2) is 18.3 Å². The van der Waals surface area contributed by atoms with Crippen molar-refractivity contribution < 1.29 is 14.2 Å². The second-order valence-corrected chi connectivity index (χ2v) is 6.86. The van der Waals surface area contributed by atoms with Gasteiger partial charge in [0.15, 0.2) is 0 Å². The highest BCUT2D eigenvalue weighted by atomic mass is 16.6. The Balaban J connectivity index is 1.29. The number of nitrogens with zero attached hydrogens (tertiary/aromatic N) is 4. The second-order valence-electron chi connectivity index (χ2n) is 6.86. The largest absolute Gasteiger partial charge is 0.484 e. The van der Waals surface area contributed by atoms with E-state index in [9.17, 15) is 0 Å². The number of fused-ring (bicyclic) bond motifs is 1. The van der Waals surface area contributed by atoms with Crippen LogP contribution in [0.1, 0.15) is 24.3 Å². The van der Waals surface area contributed by atoms with E-state index in [0.717, 1.165) is 49.1 Å². The number of aryl methyl sites for hydroxylation is 2. The van der Waals surface area contributed by atoms with Crippen molar-refractivity contribution in [2.75, 3.05) is 26.3 Å². The average molecular weight is 359 g/mol. The summed E-state index contributed by atoms with van der Waals surface area (Å²) in [5.74, 6) is 2.50. The summed E-state index contributed by atoms with van der Waals surface area (Å²) in [6, 6.07) is 3.87. The maximum absolute atomic E-state index is 6.07.